The van der Waals surface area contributed by atoms with E-state index in [1.54, 1.807) is 0 Å². The highest BCUT2D eigenvalue weighted by Gasteiger charge is 2.37. The lowest BCUT2D eigenvalue weighted by atomic mass is 10.1. The van der Waals surface area contributed by atoms with Crippen molar-refractivity contribution in [3.8, 4) is 5.75 Å². The maximum Gasteiger partial charge on any atom is 0.416 e. The van der Waals surface area contributed by atoms with Crippen molar-refractivity contribution in [3.63, 3.8) is 0 Å². The van der Waals surface area contributed by atoms with Crippen molar-refractivity contribution < 1.29 is 36.2 Å². The summed E-state index contributed by atoms with van der Waals surface area (Å²) in [5.74, 6) is -0.442. The summed E-state index contributed by atoms with van der Waals surface area (Å²) in [6, 6.07) is 1.21. The third kappa shape index (κ3) is 7.11. The average molecular weight is 344 g/mol. The SMILES string of the molecule is OCCCCCCCOc1cc(C(F)(F)F)cc(C(F)(F)F)c1. The molecular weight excluding hydrogens is 326 g/mol. The Bertz CT molecular complexity index is 450. The first-order valence-electron chi connectivity index (χ1n) is 7.17. The molecule has 0 bridgehead atoms. The van der Waals surface area contributed by atoms with Crippen molar-refractivity contribution in [3.05, 3.63) is 29.3 Å². The molecule has 8 heteroatoms. The minimum absolute atomic E-state index is 0.0394. The van der Waals surface area contributed by atoms with Crippen LogP contribution in [-0.4, -0.2) is 18.3 Å². The van der Waals surface area contributed by atoms with Crippen LogP contribution in [0.4, 0.5) is 26.3 Å². The van der Waals surface area contributed by atoms with Gasteiger partial charge in [0.2, 0.25) is 0 Å². The van der Waals surface area contributed by atoms with Crippen LogP contribution < -0.4 is 4.74 Å². The predicted octanol–water partition coefficient (Wildman–Crippen LogP) is 5.05. The molecule has 23 heavy (non-hydrogen) atoms. The topological polar surface area (TPSA) is 29.5 Å². The highest BCUT2D eigenvalue weighted by molar-refractivity contribution is 5.37. The van der Waals surface area contributed by atoms with Gasteiger partial charge in [-0.1, -0.05) is 19.3 Å². The molecule has 0 aliphatic heterocycles. The first-order valence-corrected chi connectivity index (χ1v) is 7.17. The standard InChI is InChI=1S/C15H18F6O2/c16-14(17,18)11-8-12(15(19,20)21)10-13(9-11)23-7-5-3-1-2-4-6-22/h8-10,22H,1-7H2. The highest BCUT2D eigenvalue weighted by Crippen LogP contribution is 2.38. The molecule has 1 aromatic rings. The van der Waals surface area contributed by atoms with E-state index in [1.165, 1.54) is 0 Å². The first-order chi connectivity index (χ1) is 10.6. The van der Waals surface area contributed by atoms with Gasteiger partial charge in [0, 0.05) is 6.61 Å². The van der Waals surface area contributed by atoms with E-state index in [9.17, 15) is 26.3 Å². The van der Waals surface area contributed by atoms with Crippen LogP contribution in [0.15, 0.2) is 18.2 Å². The van der Waals surface area contributed by atoms with Gasteiger partial charge >= 0.3 is 12.4 Å². The van der Waals surface area contributed by atoms with Gasteiger partial charge in [0.15, 0.2) is 0 Å². The van der Waals surface area contributed by atoms with Gasteiger partial charge in [0.25, 0.3) is 0 Å². The van der Waals surface area contributed by atoms with Crippen LogP contribution in [-0.2, 0) is 12.4 Å². The summed E-state index contributed by atoms with van der Waals surface area (Å²) in [5, 5.41) is 8.59. The fraction of sp³-hybridized carbons (Fsp3) is 0.600. The molecule has 0 heterocycles. The summed E-state index contributed by atoms with van der Waals surface area (Å²) in [4.78, 5) is 0. The molecule has 0 spiro atoms. The minimum atomic E-state index is -4.87. The van der Waals surface area contributed by atoms with E-state index in [0.717, 1.165) is 19.3 Å². The Morgan fingerprint density at radius 1 is 0.739 bits per heavy atom. The van der Waals surface area contributed by atoms with Crippen molar-refractivity contribution in [2.75, 3.05) is 13.2 Å². The molecule has 0 fully saturated rings. The molecule has 0 unspecified atom stereocenters. The summed E-state index contributed by atoms with van der Waals surface area (Å²) in [5.41, 5.74) is -2.77. The fourth-order valence-electron chi connectivity index (χ4n) is 1.94. The zero-order valence-electron chi connectivity index (χ0n) is 12.3. The van der Waals surface area contributed by atoms with E-state index in [0.29, 0.717) is 25.0 Å². The average Bonchev–Trinajstić information content (AvgIpc) is 2.44. The lowest BCUT2D eigenvalue weighted by molar-refractivity contribution is -0.143. The summed E-state index contributed by atoms with van der Waals surface area (Å²) in [7, 11) is 0. The number of ether oxygens (including phenoxy) is 1. The molecule has 0 aliphatic rings. The molecule has 132 valence electrons. The minimum Gasteiger partial charge on any atom is -0.494 e. The Kier molecular flexibility index (Phi) is 7.18. The lowest BCUT2D eigenvalue weighted by Crippen LogP contribution is -2.11. The maximum absolute atomic E-state index is 12.7. The van der Waals surface area contributed by atoms with Gasteiger partial charge in [0.05, 0.1) is 17.7 Å². The number of unbranched alkanes of at least 4 members (excludes halogenated alkanes) is 4. The molecule has 1 N–H and O–H groups in total. The summed E-state index contributed by atoms with van der Waals surface area (Å²) in [6.07, 6.45) is -6.19. The fourth-order valence-corrected chi connectivity index (χ4v) is 1.94. The van der Waals surface area contributed by atoms with E-state index in [1.807, 2.05) is 0 Å². The molecule has 0 aromatic heterocycles. The van der Waals surface area contributed by atoms with Crippen LogP contribution in [0.5, 0.6) is 5.75 Å². The zero-order chi connectivity index (χ0) is 17.5. The maximum atomic E-state index is 12.7. The Labute approximate surface area is 130 Å². The van der Waals surface area contributed by atoms with Crippen LogP contribution >= 0.6 is 0 Å². The predicted molar refractivity (Wildman–Crippen MR) is 72.1 cm³/mol. The van der Waals surface area contributed by atoms with Crippen LogP contribution in [0.2, 0.25) is 0 Å². The molecule has 0 amide bonds. The Morgan fingerprint density at radius 3 is 1.70 bits per heavy atom. The van der Waals surface area contributed by atoms with Gasteiger partial charge in [-0.3, -0.25) is 0 Å². The van der Waals surface area contributed by atoms with Crippen LogP contribution in [0.3, 0.4) is 0 Å². The van der Waals surface area contributed by atoms with Gasteiger partial charge < -0.3 is 9.84 Å². The molecule has 2 nitrogen and oxygen atoms in total. The normalized spacial score (nSPS) is 12.5. The molecule has 0 saturated carbocycles. The molecule has 1 rings (SSSR count). The second-order valence-corrected chi connectivity index (χ2v) is 5.08. The Hall–Kier alpha value is -1.44. The third-order valence-corrected chi connectivity index (χ3v) is 3.13. The number of halogens is 6. The zero-order valence-corrected chi connectivity index (χ0v) is 12.3. The number of hydrogen-bond donors (Lipinski definition) is 1. The van der Waals surface area contributed by atoms with Crippen LogP contribution in [0, 0.1) is 0 Å². The molecule has 1 aromatic carbocycles. The van der Waals surface area contributed by atoms with Crippen LogP contribution in [0.25, 0.3) is 0 Å². The Morgan fingerprint density at radius 2 is 1.22 bits per heavy atom. The molecule has 0 radical (unpaired) electrons. The van der Waals surface area contributed by atoms with E-state index in [4.69, 9.17) is 9.84 Å². The van der Waals surface area contributed by atoms with Crippen molar-refractivity contribution in [1.29, 1.82) is 0 Å². The molecule has 0 atom stereocenters. The second-order valence-electron chi connectivity index (χ2n) is 5.08. The van der Waals surface area contributed by atoms with E-state index < -0.39 is 29.2 Å². The van der Waals surface area contributed by atoms with Gasteiger partial charge in [-0.25, -0.2) is 0 Å². The largest absolute Gasteiger partial charge is 0.494 e. The monoisotopic (exact) mass is 344 g/mol. The smallest absolute Gasteiger partial charge is 0.416 e. The van der Waals surface area contributed by atoms with Crippen molar-refractivity contribution in [2.24, 2.45) is 0 Å². The third-order valence-electron chi connectivity index (χ3n) is 3.13. The second kappa shape index (κ2) is 8.42. The lowest BCUT2D eigenvalue weighted by Gasteiger charge is -2.14. The molecular formula is C15H18F6O2. The summed E-state index contributed by atoms with van der Waals surface area (Å²) >= 11 is 0. The van der Waals surface area contributed by atoms with Crippen molar-refractivity contribution in [1.82, 2.24) is 0 Å². The van der Waals surface area contributed by atoms with Gasteiger partial charge in [0.1, 0.15) is 5.75 Å². The quantitative estimate of drug-likeness (QED) is 0.528. The molecule has 0 aliphatic carbocycles. The summed E-state index contributed by atoms with van der Waals surface area (Å²) < 4.78 is 81.0. The molecule has 0 saturated heterocycles. The van der Waals surface area contributed by atoms with Gasteiger partial charge in [-0.15, -0.1) is 0 Å². The van der Waals surface area contributed by atoms with E-state index in [-0.39, 0.29) is 19.3 Å². The first kappa shape index (κ1) is 19.6. The van der Waals surface area contributed by atoms with Crippen LogP contribution in [0.1, 0.15) is 43.2 Å². The number of rotatable bonds is 8. The van der Waals surface area contributed by atoms with Gasteiger partial charge in [-0.05, 0) is 31.0 Å². The Balaban J connectivity index is 2.67. The number of aliphatic hydroxyl groups excluding tert-OH is 1. The van der Waals surface area contributed by atoms with E-state index in [2.05, 4.69) is 0 Å². The summed E-state index contributed by atoms with van der Waals surface area (Å²) in [6.45, 7) is 0.138. The van der Waals surface area contributed by atoms with Gasteiger partial charge in [-0.2, -0.15) is 26.3 Å². The number of aliphatic hydroxyl groups is 1. The number of alkyl halides is 6. The van der Waals surface area contributed by atoms with Crippen molar-refractivity contribution >= 4 is 0 Å². The van der Waals surface area contributed by atoms with Crippen molar-refractivity contribution in [2.45, 2.75) is 44.5 Å². The number of hydrogen-bond acceptors (Lipinski definition) is 2. The number of benzene rings is 1. The highest BCUT2D eigenvalue weighted by atomic mass is 19.4. The van der Waals surface area contributed by atoms with E-state index >= 15 is 0 Å².